The zero-order valence-corrected chi connectivity index (χ0v) is 25.9. The molecule has 40 heavy (non-hydrogen) atoms. The quantitative estimate of drug-likeness (QED) is 0.105. The number of carboxylic acid groups (broad SMARTS) is 4. The lowest BCUT2D eigenvalue weighted by Gasteiger charge is -2.24. The van der Waals surface area contributed by atoms with Crippen molar-refractivity contribution in [1.29, 1.82) is 0 Å². The van der Waals surface area contributed by atoms with Crippen LogP contribution in [0.25, 0.3) is 0 Å². The molecular weight excluding hydrogens is 516 g/mol. The van der Waals surface area contributed by atoms with Gasteiger partial charge < -0.3 is 31.9 Å². The van der Waals surface area contributed by atoms with Gasteiger partial charge in [0, 0.05) is 37.8 Å². The van der Waals surface area contributed by atoms with E-state index in [0.717, 1.165) is 89.9 Å². The van der Waals surface area contributed by atoms with E-state index in [2.05, 4.69) is 27.7 Å². The van der Waals surface area contributed by atoms with E-state index >= 15 is 0 Å². The smallest absolute Gasteiger partial charge is 0.303 e. The summed E-state index contributed by atoms with van der Waals surface area (Å²) in [5.74, 6) is -2.73. The molecule has 2 atom stereocenters. The van der Waals surface area contributed by atoms with E-state index in [4.69, 9.17) is 31.9 Å². The predicted molar refractivity (Wildman–Crippen MR) is 162 cm³/mol. The fourth-order valence-electron chi connectivity index (χ4n) is 3.29. The molecule has 1 fully saturated rings. The number of rotatable bonds is 16. The van der Waals surface area contributed by atoms with Crippen LogP contribution in [-0.4, -0.2) is 56.4 Å². The van der Waals surface area contributed by atoms with Crippen LogP contribution in [0.5, 0.6) is 0 Å². The topological polar surface area (TPSA) is 201 Å². The minimum Gasteiger partial charge on any atom is -0.481 e. The molecule has 0 heterocycles. The van der Waals surface area contributed by atoms with Crippen LogP contribution in [0.4, 0.5) is 0 Å². The maximum absolute atomic E-state index is 9.87. The molecule has 0 spiro atoms. The Morgan fingerprint density at radius 2 is 0.675 bits per heavy atom. The lowest BCUT2D eigenvalue weighted by Crippen LogP contribution is -2.43. The van der Waals surface area contributed by atoms with Gasteiger partial charge in [0.1, 0.15) is 0 Å². The van der Waals surface area contributed by atoms with Crippen molar-refractivity contribution < 1.29 is 39.6 Å². The maximum atomic E-state index is 9.87. The SMILES string of the molecule is CCCCCC(=O)O.CCCCCC(=O)O.CCCCCC(=O)O.CCCCCC(=O)O.NC1CCCCC1N. The summed E-state index contributed by atoms with van der Waals surface area (Å²) in [5.41, 5.74) is 11.3. The standard InChI is InChI=1S/C6H14N2.4C6H12O2/c7-5-3-1-2-4-6(5)8;4*1-2-3-4-5-6(7)8/h5-6H,1-4,7-8H2;4*2-5H2,1H3,(H,7,8). The first kappa shape index (κ1) is 44.8. The second-order valence-corrected chi connectivity index (χ2v) is 10.0. The second-order valence-electron chi connectivity index (χ2n) is 10.0. The molecule has 0 saturated heterocycles. The monoisotopic (exact) mass is 578 g/mol. The van der Waals surface area contributed by atoms with Crippen LogP contribution in [0.2, 0.25) is 0 Å². The minimum atomic E-state index is -0.682. The van der Waals surface area contributed by atoms with Crippen LogP contribution in [-0.2, 0) is 19.2 Å². The molecule has 1 aliphatic carbocycles. The largest absolute Gasteiger partial charge is 0.481 e. The summed E-state index contributed by atoms with van der Waals surface area (Å²) in [6.07, 6.45) is 17.9. The third-order valence-corrected chi connectivity index (χ3v) is 5.85. The van der Waals surface area contributed by atoms with E-state index in [1.165, 1.54) is 12.8 Å². The number of hydrogen-bond acceptors (Lipinski definition) is 6. The number of nitrogens with two attached hydrogens (primary N) is 2. The molecule has 0 amide bonds. The number of carbonyl (C=O) groups is 4. The van der Waals surface area contributed by atoms with Gasteiger partial charge >= 0.3 is 23.9 Å². The van der Waals surface area contributed by atoms with E-state index < -0.39 is 23.9 Å². The van der Waals surface area contributed by atoms with Gasteiger partial charge in [-0.25, -0.2) is 0 Å². The van der Waals surface area contributed by atoms with Gasteiger partial charge in [0.05, 0.1) is 0 Å². The zero-order chi connectivity index (χ0) is 31.6. The summed E-state index contributed by atoms with van der Waals surface area (Å²) in [7, 11) is 0. The van der Waals surface area contributed by atoms with Crippen LogP contribution in [0.1, 0.15) is 156 Å². The molecule has 0 aromatic heterocycles. The molecule has 2 unspecified atom stereocenters. The molecular formula is C30H62N2O8. The summed E-state index contributed by atoms with van der Waals surface area (Å²) in [6, 6.07) is 0.562. The van der Waals surface area contributed by atoms with Crippen molar-refractivity contribution >= 4 is 23.9 Å². The summed E-state index contributed by atoms with van der Waals surface area (Å²) in [5, 5.41) is 32.6. The molecule has 0 bridgehead atoms. The summed E-state index contributed by atoms with van der Waals surface area (Å²) >= 11 is 0. The molecule has 1 saturated carbocycles. The third-order valence-electron chi connectivity index (χ3n) is 5.85. The van der Waals surface area contributed by atoms with Gasteiger partial charge in [0.15, 0.2) is 0 Å². The Labute approximate surface area is 243 Å². The van der Waals surface area contributed by atoms with E-state index in [-0.39, 0.29) is 12.1 Å². The van der Waals surface area contributed by atoms with Crippen LogP contribution in [0.15, 0.2) is 0 Å². The first-order valence-electron chi connectivity index (χ1n) is 15.3. The van der Waals surface area contributed by atoms with Crippen LogP contribution >= 0.6 is 0 Å². The average molecular weight is 579 g/mol. The van der Waals surface area contributed by atoms with Crippen molar-refractivity contribution in [1.82, 2.24) is 0 Å². The number of hydrogen-bond donors (Lipinski definition) is 6. The normalized spacial score (nSPS) is 15.2. The van der Waals surface area contributed by atoms with Crippen LogP contribution < -0.4 is 11.5 Å². The van der Waals surface area contributed by atoms with Gasteiger partial charge in [-0.15, -0.1) is 0 Å². The molecule has 10 nitrogen and oxygen atoms in total. The number of carboxylic acids is 4. The number of unbranched alkanes of at least 4 members (excludes halogenated alkanes) is 8. The molecule has 240 valence electrons. The van der Waals surface area contributed by atoms with Crippen molar-refractivity contribution in [2.75, 3.05) is 0 Å². The maximum Gasteiger partial charge on any atom is 0.303 e. The Morgan fingerprint density at radius 3 is 0.800 bits per heavy atom. The Balaban J connectivity index is -0.000000202. The van der Waals surface area contributed by atoms with E-state index in [9.17, 15) is 19.2 Å². The lowest BCUT2D eigenvalue weighted by molar-refractivity contribution is -0.138. The highest BCUT2D eigenvalue weighted by Gasteiger charge is 2.16. The van der Waals surface area contributed by atoms with Crippen molar-refractivity contribution in [3.63, 3.8) is 0 Å². The first-order chi connectivity index (χ1) is 18.9. The average Bonchev–Trinajstić information content (AvgIpc) is 2.87. The van der Waals surface area contributed by atoms with Crippen molar-refractivity contribution in [2.45, 2.75) is 168 Å². The summed E-state index contributed by atoms with van der Waals surface area (Å²) in [4.78, 5) is 39.5. The molecule has 8 N–H and O–H groups in total. The molecule has 0 radical (unpaired) electrons. The molecule has 1 rings (SSSR count). The Bertz CT molecular complexity index is 498. The fourth-order valence-corrected chi connectivity index (χ4v) is 3.29. The number of aliphatic carboxylic acids is 4. The predicted octanol–water partition coefficient (Wildman–Crippen LogP) is 6.82. The third kappa shape index (κ3) is 52.3. The molecule has 1 aliphatic rings. The zero-order valence-electron chi connectivity index (χ0n) is 25.9. The molecule has 10 heteroatoms. The van der Waals surface area contributed by atoms with Crippen molar-refractivity contribution in [2.24, 2.45) is 11.5 Å². The lowest BCUT2D eigenvalue weighted by atomic mass is 9.92. The first-order valence-corrected chi connectivity index (χ1v) is 15.3. The highest BCUT2D eigenvalue weighted by molar-refractivity contribution is 5.67. The second kappa shape index (κ2) is 36.8. The fraction of sp³-hybridized carbons (Fsp3) is 0.867. The summed E-state index contributed by atoms with van der Waals surface area (Å²) in [6.45, 7) is 8.23. The van der Waals surface area contributed by atoms with Gasteiger partial charge in [-0.1, -0.05) is 91.9 Å². The van der Waals surface area contributed by atoms with Gasteiger partial charge in [0.25, 0.3) is 0 Å². The van der Waals surface area contributed by atoms with E-state index in [1.54, 1.807) is 0 Å². The van der Waals surface area contributed by atoms with Gasteiger partial charge in [-0.3, -0.25) is 19.2 Å². The molecule has 0 aliphatic heterocycles. The molecule has 0 aromatic rings. The van der Waals surface area contributed by atoms with Gasteiger partial charge in [-0.05, 0) is 38.5 Å². The highest BCUT2D eigenvalue weighted by Crippen LogP contribution is 2.14. The van der Waals surface area contributed by atoms with Gasteiger partial charge in [-0.2, -0.15) is 0 Å². The van der Waals surface area contributed by atoms with Crippen LogP contribution in [0.3, 0.4) is 0 Å². The molecule has 0 aromatic carbocycles. The Morgan fingerprint density at radius 1 is 0.475 bits per heavy atom. The van der Waals surface area contributed by atoms with Crippen molar-refractivity contribution in [3.8, 4) is 0 Å². The Kier molecular flexibility index (Phi) is 41.2. The van der Waals surface area contributed by atoms with Gasteiger partial charge in [0.2, 0.25) is 0 Å². The van der Waals surface area contributed by atoms with E-state index in [1.807, 2.05) is 0 Å². The van der Waals surface area contributed by atoms with E-state index in [0.29, 0.717) is 25.7 Å². The highest BCUT2D eigenvalue weighted by atomic mass is 16.4. The van der Waals surface area contributed by atoms with Crippen LogP contribution in [0, 0.1) is 0 Å². The minimum absolute atomic E-state index is 0.281. The summed E-state index contributed by atoms with van der Waals surface area (Å²) < 4.78 is 0. The Hall–Kier alpha value is -2.20. The van der Waals surface area contributed by atoms with Crippen molar-refractivity contribution in [3.05, 3.63) is 0 Å².